The van der Waals surface area contributed by atoms with Crippen molar-refractivity contribution >= 4 is 29.0 Å². The molecule has 0 aliphatic rings. The van der Waals surface area contributed by atoms with Crippen LogP contribution in [0.3, 0.4) is 0 Å². The number of carbonyl (C=O) groups is 1. The zero-order chi connectivity index (χ0) is 8.97. The average Bonchev–Trinajstić information content (AvgIpc) is 2.48. The Hall–Kier alpha value is -1.16. The van der Waals surface area contributed by atoms with Gasteiger partial charge in [0.25, 0.3) is 0 Å². The summed E-state index contributed by atoms with van der Waals surface area (Å²) in [5, 5.41) is 0.853. The number of carbonyl (C=O) groups excluding carboxylic acids is 1. The van der Waals surface area contributed by atoms with Crippen LogP contribution in [0.25, 0.3) is 0 Å². The molecule has 0 spiro atoms. The first-order valence-electron chi connectivity index (χ1n) is 3.48. The summed E-state index contributed by atoms with van der Waals surface area (Å²) in [7, 11) is 3.80. The van der Waals surface area contributed by atoms with Crippen LogP contribution >= 0.6 is 11.3 Å². The Bertz CT molecular complexity index is 291. The molecule has 64 valence electrons. The van der Waals surface area contributed by atoms with Crippen molar-refractivity contribution in [3.63, 3.8) is 0 Å². The van der Waals surface area contributed by atoms with Crippen LogP contribution in [0.4, 0.5) is 5.00 Å². The highest BCUT2D eigenvalue weighted by atomic mass is 32.1. The molecule has 1 rings (SSSR count). The molecular weight excluding hydrogens is 172 g/mol. The van der Waals surface area contributed by atoms with Crippen LogP contribution in [-0.2, 0) is 0 Å². The van der Waals surface area contributed by atoms with Crippen LogP contribution in [0.5, 0.6) is 0 Å². The van der Waals surface area contributed by atoms with E-state index in [4.69, 9.17) is 0 Å². The van der Waals surface area contributed by atoms with Gasteiger partial charge in [-0.05, 0) is 12.1 Å². The smallest absolute Gasteiger partial charge is 0.160 e. The summed E-state index contributed by atoms with van der Waals surface area (Å²) in [6.07, 6.45) is 2.54. The molecular formula is C8H10N2OS. The first kappa shape index (κ1) is 8.93. The number of hydrogen-bond donors (Lipinski definition) is 0. The minimum Gasteiger partial charge on any atom is -0.369 e. The Labute approximate surface area is 75.3 Å². The van der Waals surface area contributed by atoms with Crippen LogP contribution in [0, 0.1) is 0 Å². The van der Waals surface area contributed by atoms with E-state index in [0.29, 0.717) is 4.88 Å². The fraction of sp³-hybridized carbons (Fsp3) is 0.250. The summed E-state index contributed by atoms with van der Waals surface area (Å²) < 4.78 is 0. The maximum Gasteiger partial charge on any atom is 0.160 e. The normalized spacial score (nSPS) is 10.5. The average molecular weight is 182 g/mol. The van der Waals surface area contributed by atoms with E-state index >= 15 is 0 Å². The van der Waals surface area contributed by atoms with Crippen molar-refractivity contribution in [3.05, 3.63) is 17.0 Å². The molecule has 0 radical (unpaired) electrons. The van der Waals surface area contributed by atoms with Crippen LogP contribution < -0.4 is 0 Å². The highest BCUT2D eigenvalue weighted by molar-refractivity contribution is 7.17. The highest BCUT2D eigenvalue weighted by Gasteiger charge is 1.94. The molecule has 0 aromatic carbocycles. The number of nitrogens with zero attached hydrogens (tertiary/aromatic N) is 2. The van der Waals surface area contributed by atoms with Crippen molar-refractivity contribution in [1.82, 2.24) is 4.90 Å². The molecule has 0 aliphatic carbocycles. The molecule has 1 aromatic rings. The zero-order valence-electron chi connectivity index (χ0n) is 7.02. The van der Waals surface area contributed by atoms with Crippen molar-refractivity contribution in [2.24, 2.45) is 4.99 Å². The second-order valence-electron chi connectivity index (χ2n) is 2.50. The minimum absolute atomic E-state index is 0.709. The van der Waals surface area contributed by atoms with Crippen molar-refractivity contribution < 1.29 is 4.79 Å². The lowest BCUT2D eigenvalue weighted by Crippen LogP contribution is -2.06. The fourth-order valence-electron chi connectivity index (χ4n) is 0.647. The number of aliphatic imine (C=N–C) groups is 1. The molecule has 4 heteroatoms. The molecule has 0 aliphatic heterocycles. The van der Waals surface area contributed by atoms with Gasteiger partial charge in [0, 0.05) is 14.1 Å². The van der Waals surface area contributed by atoms with Gasteiger partial charge >= 0.3 is 0 Å². The highest BCUT2D eigenvalue weighted by Crippen LogP contribution is 2.22. The van der Waals surface area contributed by atoms with Gasteiger partial charge in [0.1, 0.15) is 5.00 Å². The second-order valence-corrected chi connectivity index (χ2v) is 3.60. The summed E-state index contributed by atoms with van der Waals surface area (Å²) in [5.74, 6) is 0. The van der Waals surface area contributed by atoms with Crippen LogP contribution in [0.1, 0.15) is 9.67 Å². The first-order chi connectivity index (χ1) is 5.72. The quantitative estimate of drug-likeness (QED) is 0.405. The van der Waals surface area contributed by atoms with E-state index in [9.17, 15) is 4.79 Å². The maximum absolute atomic E-state index is 10.3. The molecule has 1 heterocycles. The molecule has 0 atom stereocenters. The monoisotopic (exact) mass is 182 g/mol. The molecule has 0 amide bonds. The Balaban J connectivity index is 2.70. The number of rotatable bonds is 3. The Morgan fingerprint density at radius 2 is 2.25 bits per heavy atom. The van der Waals surface area contributed by atoms with Crippen LogP contribution in [0.15, 0.2) is 17.1 Å². The lowest BCUT2D eigenvalue weighted by molar-refractivity contribution is 0.112. The first-order valence-corrected chi connectivity index (χ1v) is 4.29. The van der Waals surface area contributed by atoms with E-state index in [1.807, 2.05) is 25.1 Å². The van der Waals surface area contributed by atoms with E-state index in [2.05, 4.69) is 4.99 Å². The third-order valence-corrected chi connectivity index (χ3v) is 2.06. The molecule has 0 N–H and O–H groups in total. The van der Waals surface area contributed by atoms with Gasteiger partial charge in [-0.25, -0.2) is 4.99 Å². The van der Waals surface area contributed by atoms with Crippen LogP contribution in [-0.4, -0.2) is 31.6 Å². The zero-order valence-corrected chi connectivity index (χ0v) is 7.84. The minimum atomic E-state index is 0.709. The number of aldehydes is 1. The van der Waals surface area contributed by atoms with Crippen molar-refractivity contribution in [2.45, 2.75) is 0 Å². The summed E-state index contributed by atoms with van der Waals surface area (Å²) in [4.78, 5) is 17.0. The van der Waals surface area contributed by atoms with Gasteiger partial charge in [-0.1, -0.05) is 0 Å². The van der Waals surface area contributed by atoms with E-state index in [1.165, 1.54) is 11.3 Å². The van der Waals surface area contributed by atoms with Crippen molar-refractivity contribution in [2.75, 3.05) is 14.1 Å². The standard InChI is InChI=1S/C8H10N2OS/c1-10(2)6-9-8-4-3-7(5-11)12-8/h3-6H,1-2H3. The Morgan fingerprint density at radius 1 is 1.50 bits per heavy atom. The topological polar surface area (TPSA) is 32.7 Å². The summed E-state index contributed by atoms with van der Waals surface area (Å²) in [6, 6.07) is 3.59. The Morgan fingerprint density at radius 3 is 2.75 bits per heavy atom. The maximum atomic E-state index is 10.3. The molecule has 0 fully saturated rings. The molecule has 12 heavy (non-hydrogen) atoms. The number of thiophene rings is 1. The Kier molecular flexibility index (Phi) is 2.99. The van der Waals surface area contributed by atoms with E-state index in [-0.39, 0.29) is 0 Å². The van der Waals surface area contributed by atoms with Gasteiger partial charge < -0.3 is 4.90 Å². The fourth-order valence-corrected chi connectivity index (χ4v) is 1.31. The third kappa shape index (κ3) is 2.47. The van der Waals surface area contributed by atoms with Gasteiger partial charge in [-0.3, -0.25) is 4.79 Å². The largest absolute Gasteiger partial charge is 0.369 e. The molecule has 0 bridgehead atoms. The summed E-state index contributed by atoms with van der Waals surface area (Å²) in [5.41, 5.74) is 0. The SMILES string of the molecule is CN(C)C=Nc1ccc(C=O)s1. The van der Waals surface area contributed by atoms with Crippen molar-refractivity contribution in [1.29, 1.82) is 0 Å². The van der Waals surface area contributed by atoms with Gasteiger partial charge in [0.2, 0.25) is 0 Å². The van der Waals surface area contributed by atoms with Gasteiger partial charge in [0.05, 0.1) is 11.2 Å². The summed E-state index contributed by atoms with van der Waals surface area (Å²) >= 11 is 1.38. The second kappa shape index (κ2) is 4.01. The van der Waals surface area contributed by atoms with Crippen LogP contribution in [0.2, 0.25) is 0 Å². The van der Waals surface area contributed by atoms with Gasteiger partial charge in [-0.15, -0.1) is 11.3 Å². The van der Waals surface area contributed by atoms with Gasteiger partial charge in [0.15, 0.2) is 6.29 Å². The van der Waals surface area contributed by atoms with E-state index in [0.717, 1.165) is 11.3 Å². The predicted octanol–water partition coefficient (Wildman–Crippen LogP) is 1.78. The lowest BCUT2D eigenvalue weighted by Gasteiger charge is -2.00. The summed E-state index contributed by atoms with van der Waals surface area (Å²) in [6.45, 7) is 0. The predicted molar refractivity (Wildman–Crippen MR) is 51.5 cm³/mol. The lowest BCUT2D eigenvalue weighted by atomic mass is 10.5. The van der Waals surface area contributed by atoms with Crippen molar-refractivity contribution in [3.8, 4) is 0 Å². The van der Waals surface area contributed by atoms with E-state index < -0.39 is 0 Å². The molecule has 0 saturated heterocycles. The molecule has 1 aromatic heterocycles. The van der Waals surface area contributed by atoms with Gasteiger partial charge in [-0.2, -0.15) is 0 Å². The molecule has 3 nitrogen and oxygen atoms in total. The molecule has 0 unspecified atom stereocenters. The van der Waals surface area contributed by atoms with E-state index in [1.54, 1.807) is 12.4 Å². The number of hydrogen-bond acceptors (Lipinski definition) is 3. The third-order valence-electron chi connectivity index (χ3n) is 1.14. The molecule has 0 saturated carbocycles.